The Morgan fingerprint density at radius 2 is 1.82 bits per heavy atom. The van der Waals surface area contributed by atoms with Crippen LogP contribution in [0.1, 0.15) is 5.56 Å². The topological polar surface area (TPSA) is 80.7 Å². The zero-order chi connectivity index (χ0) is 12.7. The zero-order valence-electron chi connectivity index (χ0n) is 9.04. The van der Waals surface area contributed by atoms with E-state index in [4.69, 9.17) is 5.11 Å². The van der Waals surface area contributed by atoms with Gasteiger partial charge >= 0.3 is 5.97 Å². The summed E-state index contributed by atoms with van der Waals surface area (Å²) in [5.41, 5.74) is -1.18. The molecule has 17 heavy (non-hydrogen) atoms. The fraction of sp³-hybridized carbons (Fsp3) is 0.250. The third-order valence-electron chi connectivity index (χ3n) is 2.16. The van der Waals surface area contributed by atoms with Crippen molar-refractivity contribution in [2.75, 3.05) is 6.61 Å². The van der Waals surface area contributed by atoms with Crippen LogP contribution in [0.3, 0.4) is 0 Å². The Morgan fingerprint density at radius 3 is 2.29 bits per heavy atom. The van der Waals surface area contributed by atoms with Crippen molar-refractivity contribution < 1.29 is 24.2 Å². The Kier molecular flexibility index (Phi) is 4.54. The molecule has 0 aliphatic heterocycles. The highest BCUT2D eigenvalue weighted by atomic mass is 16.6. The number of rotatable bonds is 6. The van der Waals surface area contributed by atoms with Gasteiger partial charge in [0, 0.05) is 6.42 Å². The molecule has 0 saturated carbocycles. The van der Waals surface area contributed by atoms with Gasteiger partial charge in [-0.15, -0.1) is 0 Å². The number of ether oxygens (including phenoxy) is 1. The monoisotopic (exact) mass is 236 g/mol. The van der Waals surface area contributed by atoms with E-state index in [-0.39, 0.29) is 19.0 Å². The van der Waals surface area contributed by atoms with Gasteiger partial charge in [-0.1, -0.05) is 30.3 Å². The van der Waals surface area contributed by atoms with Gasteiger partial charge in [-0.2, -0.15) is 0 Å². The summed E-state index contributed by atoms with van der Waals surface area (Å²) in [5, 5.41) is 8.55. The van der Waals surface area contributed by atoms with E-state index in [1.807, 2.05) is 0 Å². The maximum Gasteiger partial charge on any atom is 0.333 e. The van der Waals surface area contributed by atoms with Gasteiger partial charge in [-0.3, -0.25) is 9.59 Å². The molecular formula is C12H12O5. The van der Waals surface area contributed by atoms with Crippen LogP contribution in [0, 0.1) is 0 Å². The van der Waals surface area contributed by atoms with Crippen LogP contribution in [-0.2, 0) is 25.5 Å². The van der Waals surface area contributed by atoms with E-state index in [1.165, 1.54) is 0 Å². The summed E-state index contributed by atoms with van der Waals surface area (Å²) in [7, 11) is 0. The first kappa shape index (κ1) is 13.1. The summed E-state index contributed by atoms with van der Waals surface area (Å²) in [6, 6.07) is 8.67. The van der Waals surface area contributed by atoms with E-state index >= 15 is 0 Å². The van der Waals surface area contributed by atoms with Crippen molar-refractivity contribution in [2.45, 2.75) is 12.0 Å². The number of carbonyl (C=O) groups excluding carboxylic acids is 3. The van der Waals surface area contributed by atoms with Gasteiger partial charge in [-0.25, -0.2) is 4.79 Å². The van der Waals surface area contributed by atoms with Gasteiger partial charge in [0.2, 0.25) is 5.60 Å². The second-order valence-corrected chi connectivity index (χ2v) is 3.49. The van der Waals surface area contributed by atoms with Gasteiger partial charge in [0.25, 0.3) is 0 Å². The molecule has 1 N–H and O–H groups in total. The first-order valence-corrected chi connectivity index (χ1v) is 4.95. The van der Waals surface area contributed by atoms with Crippen LogP contribution in [0.5, 0.6) is 0 Å². The molecule has 0 atom stereocenters. The molecule has 0 saturated heterocycles. The minimum Gasteiger partial charge on any atom is -0.441 e. The summed E-state index contributed by atoms with van der Waals surface area (Å²) in [5.74, 6) is -1.01. The van der Waals surface area contributed by atoms with Crippen LogP contribution in [0.25, 0.3) is 0 Å². The highest BCUT2D eigenvalue weighted by Crippen LogP contribution is 2.14. The molecule has 0 aliphatic rings. The standard InChI is InChI=1S/C12H12O5/c13-7-11(16)17-12(8-14,9-15)6-10-4-2-1-3-5-10/h1-5,8-9,13H,6-7H2. The number of esters is 1. The highest BCUT2D eigenvalue weighted by molar-refractivity contribution is 5.91. The maximum absolute atomic E-state index is 10.9. The average molecular weight is 236 g/mol. The summed E-state index contributed by atoms with van der Waals surface area (Å²) >= 11 is 0. The lowest BCUT2D eigenvalue weighted by Crippen LogP contribution is -2.41. The van der Waals surface area contributed by atoms with Crippen molar-refractivity contribution in [3.8, 4) is 0 Å². The molecule has 0 radical (unpaired) electrons. The average Bonchev–Trinajstić information content (AvgIpc) is 2.39. The van der Waals surface area contributed by atoms with E-state index in [9.17, 15) is 14.4 Å². The molecule has 1 aromatic rings. The lowest BCUT2D eigenvalue weighted by molar-refractivity contribution is -0.167. The molecule has 5 heteroatoms. The minimum absolute atomic E-state index is 0.0490. The molecule has 0 amide bonds. The predicted octanol–water partition coefficient (Wildman–Crippen LogP) is -0.0988. The van der Waals surface area contributed by atoms with Crippen LogP contribution >= 0.6 is 0 Å². The number of carbonyl (C=O) groups is 3. The van der Waals surface area contributed by atoms with Crippen molar-refractivity contribution in [3.05, 3.63) is 35.9 Å². The van der Waals surface area contributed by atoms with Crippen LogP contribution in [0.15, 0.2) is 30.3 Å². The lowest BCUT2D eigenvalue weighted by Gasteiger charge is -2.21. The molecule has 5 nitrogen and oxygen atoms in total. The fourth-order valence-electron chi connectivity index (χ4n) is 1.35. The second-order valence-electron chi connectivity index (χ2n) is 3.49. The molecule has 0 bridgehead atoms. The molecule has 0 aliphatic carbocycles. The van der Waals surface area contributed by atoms with E-state index in [1.54, 1.807) is 30.3 Å². The zero-order valence-corrected chi connectivity index (χ0v) is 9.04. The molecule has 0 fully saturated rings. The quantitative estimate of drug-likeness (QED) is 0.424. The third kappa shape index (κ3) is 3.49. The van der Waals surface area contributed by atoms with Gasteiger partial charge in [0.05, 0.1) is 0 Å². The molecule has 0 aromatic heterocycles. The molecule has 1 aromatic carbocycles. The van der Waals surface area contributed by atoms with Crippen LogP contribution in [-0.4, -0.2) is 35.9 Å². The molecule has 1 rings (SSSR count). The second kappa shape index (κ2) is 5.91. The molecule has 0 heterocycles. The summed E-state index contributed by atoms with van der Waals surface area (Å²) in [6.45, 7) is -0.877. The SMILES string of the molecule is O=CC(C=O)(Cc1ccccc1)OC(=O)CO. The summed E-state index contributed by atoms with van der Waals surface area (Å²) < 4.78 is 4.66. The van der Waals surface area contributed by atoms with Crippen molar-refractivity contribution in [2.24, 2.45) is 0 Å². The number of hydrogen-bond acceptors (Lipinski definition) is 5. The highest BCUT2D eigenvalue weighted by Gasteiger charge is 2.34. The number of aldehydes is 2. The Balaban J connectivity index is 2.88. The van der Waals surface area contributed by atoms with Gasteiger partial charge < -0.3 is 9.84 Å². The van der Waals surface area contributed by atoms with E-state index < -0.39 is 18.2 Å². The van der Waals surface area contributed by atoms with Crippen LogP contribution in [0.2, 0.25) is 0 Å². The fourth-order valence-corrected chi connectivity index (χ4v) is 1.35. The van der Waals surface area contributed by atoms with E-state index in [0.29, 0.717) is 5.56 Å². The normalized spacial score (nSPS) is 10.6. The van der Waals surface area contributed by atoms with Crippen molar-refractivity contribution in [1.82, 2.24) is 0 Å². The van der Waals surface area contributed by atoms with Gasteiger partial charge in [0.1, 0.15) is 6.61 Å². The first-order chi connectivity index (χ1) is 8.15. The molecule has 0 spiro atoms. The van der Waals surface area contributed by atoms with Crippen LogP contribution in [0.4, 0.5) is 0 Å². The number of aliphatic hydroxyl groups excluding tert-OH is 1. The smallest absolute Gasteiger partial charge is 0.333 e. The van der Waals surface area contributed by atoms with Gasteiger partial charge in [0.15, 0.2) is 12.6 Å². The van der Waals surface area contributed by atoms with E-state index in [2.05, 4.69) is 4.74 Å². The maximum atomic E-state index is 10.9. The predicted molar refractivity (Wildman–Crippen MR) is 58.2 cm³/mol. The minimum atomic E-state index is -1.86. The van der Waals surface area contributed by atoms with E-state index in [0.717, 1.165) is 0 Å². The largest absolute Gasteiger partial charge is 0.441 e. The summed E-state index contributed by atoms with van der Waals surface area (Å²) in [6.07, 6.45) is 0.480. The Labute approximate surface area is 98.0 Å². The number of aliphatic hydroxyl groups is 1. The molecule has 90 valence electrons. The third-order valence-corrected chi connectivity index (χ3v) is 2.16. The number of benzene rings is 1. The first-order valence-electron chi connectivity index (χ1n) is 4.95. The molecular weight excluding hydrogens is 224 g/mol. The Hall–Kier alpha value is -2.01. The van der Waals surface area contributed by atoms with Crippen molar-refractivity contribution in [1.29, 1.82) is 0 Å². The van der Waals surface area contributed by atoms with Crippen molar-refractivity contribution in [3.63, 3.8) is 0 Å². The van der Waals surface area contributed by atoms with Crippen LogP contribution < -0.4 is 0 Å². The molecule has 0 unspecified atom stereocenters. The summed E-state index contributed by atoms with van der Waals surface area (Å²) in [4.78, 5) is 32.8. The lowest BCUT2D eigenvalue weighted by atomic mass is 9.97. The van der Waals surface area contributed by atoms with Crippen molar-refractivity contribution >= 4 is 18.5 Å². The number of hydrogen-bond donors (Lipinski definition) is 1. The van der Waals surface area contributed by atoms with Gasteiger partial charge in [-0.05, 0) is 5.56 Å². The Morgan fingerprint density at radius 1 is 1.24 bits per heavy atom. The Bertz CT molecular complexity index is 391.